The van der Waals surface area contributed by atoms with Crippen molar-refractivity contribution in [3.05, 3.63) is 114 Å². The summed E-state index contributed by atoms with van der Waals surface area (Å²) in [5.74, 6) is 0.0500. The zero-order chi connectivity index (χ0) is 25.6. The van der Waals surface area contributed by atoms with Crippen LogP contribution in [0.15, 0.2) is 107 Å². The number of sulfonamides is 2. The van der Waals surface area contributed by atoms with E-state index in [1.54, 1.807) is 30.3 Å². The lowest BCUT2D eigenvalue weighted by Crippen LogP contribution is -2.14. The Kier molecular flexibility index (Phi) is 8.47. The highest BCUT2D eigenvalue weighted by atomic mass is 32.2. The van der Waals surface area contributed by atoms with Gasteiger partial charge in [0.2, 0.25) is 10.0 Å². The molecular formula is C25H23FN2O4S3. The predicted octanol–water partition coefficient (Wildman–Crippen LogP) is 4.60. The predicted molar refractivity (Wildman–Crippen MR) is 139 cm³/mol. The van der Waals surface area contributed by atoms with Crippen molar-refractivity contribution in [3.8, 4) is 0 Å². The second-order valence-corrected chi connectivity index (χ2v) is 11.4. The van der Waals surface area contributed by atoms with Crippen LogP contribution in [0.3, 0.4) is 0 Å². The molecule has 3 N–H and O–H groups in total. The number of allylic oxidation sites excluding steroid dienone is 4. The lowest BCUT2D eigenvalue weighted by molar-refractivity contribution is 0.425. The van der Waals surface area contributed by atoms with E-state index in [1.807, 2.05) is 37.3 Å². The molecule has 0 spiro atoms. The molecule has 0 amide bonds. The lowest BCUT2D eigenvalue weighted by atomic mass is 9.87. The van der Waals surface area contributed by atoms with E-state index >= 15 is 0 Å². The molecule has 0 radical (unpaired) electrons. The van der Waals surface area contributed by atoms with Crippen molar-refractivity contribution >= 4 is 42.7 Å². The summed E-state index contributed by atoms with van der Waals surface area (Å²) in [5, 5.41) is 4.83. The summed E-state index contributed by atoms with van der Waals surface area (Å²) in [5.41, 5.74) is 4.04. The van der Waals surface area contributed by atoms with Crippen LogP contribution >= 0.6 is 12.2 Å². The highest BCUT2D eigenvalue weighted by molar-refractivity contribution is 7.89. The van der Waals surface area contributed by atoms with Crippen LogP contribution in [0.25, 0.3) is 5.57 Å². The largest absolute Gasteiger partial charge is 0.266 e. The Morgan fingerprint density at radius 2 is 1.54 bits per heavy atom. The Morgan fingerprint density at radius 3 is 2.06 bits per heavy atom. The first kappa shape index (κ1) is 26.6. The number of thiocarbonyl (C=S) groups is 1. The summed E-state index contributed by atoms with van der Waals surface area (Å²) in [7, 11) is -7.59. The van der Waals surface area contributed by atoms with Gasteiger partial charge in [-0.05, 0) is 58.9 Å². The second-order valence-electron chi connectivity index (χ2n) is 7.72. The van der Waals surface area contributed by atoms with Crippen molar-refractivity contribution in [1.82, 2.24) is 4.94 Å². The maximum absolute atomic E-state index is 12.3. The molecule has 1 aliphatic carbocycles. The van der Waals surface area contributed by atoms with Crippen LogP contribution in [0.2, 0.25) is 0 Å². The number of hydrogen-bond acceptors (Lipinski definition) is 5. The molecule has 0 aromatic heterocycles. The zero-order valence-corrected chi connectivity index (χ0v) is 21.1. The maximum Gasteiger partial charge on any atom is 0.266 e. The summed E-state index contributed by atoms with van der Waals surface area (Å²) in [6.45, 7) is 2.04. The smallest absolute Gasteiger partial charge is 0.225 e. The standard InChI is InChI=1S/C19H16FNO2S2.C6H7NO2S/c1-13-3-2-4-16(11-13)18-10-7-15(12-19(18)24)14-5-8-17(9-6-14)25(22,23)21-20;7-10(8,9)6-4-2-1-3-5-6/h2-12,18,21H,1H3;1-5H,(H2,7,8,9). The van der Waals surface area contributed by atoms with Gasteiger partial charge in [0.05, 0.1) is 9.79 Å². The maximum atomic E-state index is 12.3. The van der Waals surface area contributed by atoms with Crippen LogP contribution in [0.1, 0.15) is 22.6 Å². The van der Waals surface area contributed by atoms with Gasteiger partial charge in [-0.1, -0.05) is 84.5 Å². The molecule has 182 valence electrons. The van der Waals surface area contributed by atoms with Crippen molar-refractivity contribution in [3.63, 3.8) is 0 Å². The number of benzene rings is 3. The number of nitrogens with two attached hydrogens (primary N) is 1. The molecule has 4 rings (SSSR count). The van der Waals surface area contributed by atoms with Gasteiger partial charge in [-0.3, -0.25) is 0 Å². The molecule has 0 aliphatic heterocycles. The van der Waals surface area contributed by atoms with Crippen molar-refractivity contribution in [2.24, 2.45) is 5.14 Å². The van der Waals surface area contributed by atoms with Crippen LogP contribution in [-0.2, 0) is 20.0 Å². The van der Waals surface area contributed by atoms with Gasteiger partial charge in [0.15, 0.2) is 0 Å². The Morgan fingerprint density at radius 1 is 0.886 bits per heavy atom. The fourth-order valence-electron chi connectivity index (χ4n) is 3.39. The monoisotopic (exact) mass is 530 g/mol. The van der Waals surface area contributed by atoms with Crippen molar-refractivity contribution in [1.29, 1.82) is 0 Å². The minimum atomic E-state index is -4.09. The molecule has 3 aromatic carbocycles. The Labute approximate surface area is 210 Å². The molecule has 0 saturated heterocycles. The van der Waals surface area contributed by atoms with Crippen molar-refractivity contribution in [2.75, 3.05) is 0 Å². The third-order valence-electron chi connectivity index (χ3n) is 5.15. The highest BCUT2D eigenvalue weighted by Gasteiger charge is 2.18. The number of hydrogen-bond donors (Lipinski definition) is 2. The summed E-state index contributed by atoms with van der Waals surface area (Å²) in [6, 6.07) is 22.1. The lowest BCUT2D eigenvalue weighted by Gasteiger charge is -2.18. The normalized spacial score (nSPS) is 15.7. The van der Waals surface area contributed by atoms with Crippen molar-refractivity contribution in [2.45, 2.75) is 22.6 Å². The third-order valence-corrected chi connectivity index (χ3v) is 7.54. The Hall–Kier alpha value is -3.02. The molecule has 0 fully saturated rings. The van der Waals surface area contributed by atoms with Crippen LogP contribution < -0.4 is 10.1 Å². The van der Waals surface area contributed by atoms with Crippen LogP contribution in [0, 0.1) is 6.92 Å². The highest BCUT2D eigenvalue weighted by Crippen LogP contribution is 2.30. The number of halogens is 1. The Bertz CT molecular complexity index is 1480. The molecule has 0 bridgehead atoms. The summed E-state index contributed by atoms with van der Waals surface area (Å²) in [6.07, 6.45) is 5.93. The third kappa shape index (κ3) is 7.00. The van der Waals surface area contributed by atoms with Crippen LogP contribution in [-0.4, -0.2) is 21.7 Å². The first-order valence-electron chi connectivity index (χ1n) is 10.3. The van der Waals surface area contributed by atoms with E-state index in [-0.39, 0.29) is 15.7 Å². The van der Waals surface area contributed by atoms with Gasteiger partial charge >= 0.3 is 0 Å². The van der Waals surface area contributed by atoms with Crippen LogP contribution in [0.4, 0.5) is 4.48 Å². The number of aryl methyl sites for hydroxylation is 1. The first-order valence-corrected chi connectivity index (χ1v) is 13.8. The Balaban J connectivity index is 0.000000287. The average molecular weight is 531 g/mol. The molecule has 1 aliphatic rings. The molecule has 10 heteroatoms. The van der Waals surface area contributed by atoms with Gasteiger partial charge in [0.1, 0.15) is 0 Å². The molecule has 3 aromatic rings. The zero-order valence-electron chi connectivity index (χ0n) is 18.6. The second kappa shape index (κ2) is 11.1. The van der Waals surface area contributed by atoms with E-state index in [2.05, 4.69) is 12.1 Å². The summed E-state index contributed by atoms with van der Waals surface area (Å²) in [4.78, 5) is 1.63. The van der Waals surface area contributed by atoms with E-state index in [1.165, 1.54) is 29.8 Å². The summed E-state index contributed by atoms with van der Waals surface area (Å²) < 4.78 is 56.4. The van der Waals surface area contributed by atoms with E-state index in [9.17, 15) is 21.3 Å². The molecule has 1 atom stereocenters. The van der Waals surface area contributed by atoms with Gasteiger partial charge in [0, 0.05) is 10.8 Å². The molecule has 0 heterocycles. The minimum Gasteiger partial charge on any atom is -0.225 e. The van der Waals surface area contributed by atoms with E-state index in [0.717, 1.165) is 26.5 Å². The average Bonchev–Trinajstić information content (AvgIpc) is 2.84. The van der Waals surface area contributed by atoms with Gasteiger partial charge < -0.3 is 0 Å². The first-order chi connectivity index (χ1) is 16.5. The number of nitrogens with one attached hydrogen (secondary N) is 1. The number of rotatable bonds is 5. The van der Waals surface area contributed by atoms with Crippen molar-refractivity contribution < 1.29 is 21.3 Å². The topological polar surface area (TPSA) is 106 Å². The minimum absolute atomic E-state index is 0.0500. The van der Waals surface area contributed by atoms with E-state index in [0.29, 0.717) is 0 Å². The quantitative estimate of drug-likeness (QED) is 0.371. The van der Waals surface area contributed by atoms with Gasteiger partial charge in [0.25, 0.3) is 10.0 Å². The molecule has 35 heavy (non-hydrogen) atoms. The molecule has 1 unspecified atom stereocenters. The van der Waals surface area contributed by atoms with Gasteiger partial charge in [-0.25, -0.2) is 22.0 Å². The van der Waals surface area contributed by atoms with Gasteiger partial charge in [-0.15, -0.1) is 4.48 Å². The molecule has 6 nitrogen and oxygen atoms in total. The SMILES string of the molecule is Cc1cccc(C2C=CC(c3ccc(S(=O)(=O)NF)cc3)=CC2=S)c1.NS(=O)(=O)c1ccccc1. The van der Waals surface area contributed by atoms with Crippen LogP contribution in [0.5, 0.6) is 0 Å². The molecule has 0 saturated carbocycles. The summed E-state index contributed by atoms with van der Waals surface area (Å²) >= 11 is 5.55. The number of primary sulfonamides is 1. The molecular weight excluding hydrogens is 507 g/mol. The van der Waals surface area contributed by atoms with E-state index < -0.39 is 20.0 Å². The van der Waals surface area contributed by atoms with Gasteiger partial charge in [-0.2, -0.15) is 0 Å². The fraction of sp³-hybridized carbons (Fsp3) is 0.0800. The fourth-order valence-corrected chi connectivity index (χ4v) is 4.85. The van der Waals surface area contributed by atoms with E-state index in [4.69, 9.17) is 17.4 Å².